The summed E-state index contributed by atoms with van der Waals surface area (Å²) in [4.78, 5) is 4.35. The maximum absolute atomic E-state index is 4.35. The Morgan fingerprint density at radius 2 is 1.94 bits per heavy atom. The van der Waals surface area contributed by atoms with Gasteiger partial charge < -0.3 is 5.32 Å². The first-order chi connectivity index (χ1) is 8.70. The fourth-order valence-electron chi connectivity index (χ4n) is 1.90. The van der Waals surface area contributed by atoms with Crippen molar-refractivity contribution in [2.24, 2.45) is 0 Å². The van der Waals surface area contributed by atoms with E-state index in [1.54, 1.807) is 0 Å². The molecule has 0 bridgehead atoms. The molecule has 0 spiro atoms. The molecule has 0 amide bonds. The van der Waals surface area contributed by atoms with Crippen molar-refractivity contribution in [2.45, 2.75) is 26.8 Å². The van der Waals surface area contributed by atoms with Gasteiger partial charge in [-0.25, -0.2) is 4.98 Å². The number of anilines is 1. The first kappa shape index (κ1) is 13.1. The van der Waals surface area contributed by atoms with Gasteiger partial charge in [-0.1, -0.05) is 31.2 Å². The highest BCUT2D eigenvalue weighted by Gasteiger charge is 2.01. The van der Waals surface area contributed by atoms with Crippen LogP contribution in [0, 0.1) is 6.92 Å². The van der Waals surface area contributed by atoms with E-state index >= 15 is 0 Å². The fourth-order valence-corrected chi connectivity index (χ4v) is 2.11. The Labute approximate surface area is 117 Å². The van der Waals surface area contributed by atoms with Crippen LogP contribution >= 0.6 is 15.9 Å². The molecule has 2 nitrogen and oxygen atoms in total. The maximum Gasteiger partial charge on any atom is 0.126 e. The Bertz CT molecular complexity index is 538. The van der Waals surface area contributed by atoms with Gasteiger partial charge in [0.05, 0.1) is 0 Å². The number of pyridine rings is 1. The first-order valence-corrected chi connectivity index (χ1v) is 6.92. The van der Waals surface area contributed by atoms with Crippen LogP contribution in [0.2, 0.25) is 0 Å². The highest BCUT2D eigenvalue weighted by Crippen LogP contribution is 2.18. The topological polar surface area (TPSA) is 24.9 Å². The fraction of sp³-hybridized carbons (Fsp3) is 0.267. The summed E-state index contributed by atoms with van der Waals surface area (Å²) in [5.41, 5.74) is 3.91. The molecule has 2 rings (SSSR count). The van der Waals surface area contributed by atoms with Crippen molar-refractivity contribution in [3.8, 4) is 0 Å². The standard InChI is InChI=1S/C15H17BrN2/c1-3-12-6-4-5-7-13(12)9-17-15-8-11(2)14(16)10-18-15/h4-8,10H,3,9H2,1-2H3,(H,17,18). The molecule has 1 heterocycles. The number of aryl methyl sites for hydroxylation is 2. The van der Waals surface area contributed by atoms with E-state index in [2.05, 4.69) is 70.4 Å². The van der Waals surface area contributed by atoms with Crippen molar-refractivity contribution >= 4 is 21.7 Å². The molecule has 0 aliphatic rings. The summed E-state index contributed by atoms with van der Waals surface area (Å²) < 4.78 is 1.04. The molecule has 0 unspecified atom stereocenters. The number of hydrogen-bond acceptors (Lipinski definition) is 2. The van der Waals surface area contributed by atoms with Gasteiger partial charge >= 0.3 is 0 Å². The van der Waals surface area contributed by atoms with Crippen LogP contribution < -0.4 is 5.32 Å². The molecule has 1 N–H and O–H groups in total. The third kappa shape index (κ3) is 3.10. The third-order valence-electron chi connectivity index (χ3n) is 3.01. The zero-order chi connectivity index (χ0) is 13.0. The molecule has 94 valence electrons. The zero-order valence-electron chi connectivity index (χ0n) is 10.7. The Morgan fingerprint density at radius 3 is 2.61 bits per heavy atom. The molecular formula is C15H17BrN2. The van der Waals surface area contributed by atoms with Gasteiger partial charge in [-0.05, 0) is 52.0 Å². The highest BCUT2D eigenvalue weighted by atomic mass is 79.9. The van der Waals surface area contributed by atoms with Crippen molar-refractivity contribution in [3.05, 3.63) is 57.7 Å². The van der Waals surface area contributed by atoms with Gasteiger partial charge in [0.25, 0.3) is 0 Å². The minimum absolute atomic E-state index is 0.818. The monoisotopic (exact) mass is 304 g/mol. The normalized spacial score (nSPS) is 10.4. The number of hydrogen-bond donors (Lipinski definition) is 1. The van der Waals surface area contributed by atoms with Gasteiger partial charge in [-0.15, -0.1) is 0 Å². The molecule has 0 saturated carbocycles. The van der Waals surface area contributed by atoms with Gasteiger partial charge in [0.1, 0.15) is 5.82 Å². The first-order valence-electron chi connectivity index (χ1n) is 6.13. The van der Waals surface area contributed by atoms with Crippen LogP contribution in [0.5, 0.6) is 0 Å². The van der Waals surface area contributed by atoms with E-state index in [0.29, 0.717) is 0 Å². The average Bonchev–Trinajstić information content (AvgIpc) is 2.40. The number of rotatable bonds is 4. The second-order valence-corrected chi connectivity index (χ2v) is 5.15. The molecular weight excluding hydrogens is 288 g/mol. The van der Waals surface area contributed by atoms with Crippen LogP contribution in [-0.4, -0.2) is 4.98 Å². The molecule has 0 aliphatic carbocycles. The molecule has 1 aromatic heterocycles. The lowest BCUT2D eigenvalue weighted by Crippen LogP contribution is -2.04. The summed E-state index contributed by atoms with van der Waals surface area (Å²) in [5.74, 6) is 0.918. The van der Waals surface area contributed by atoms with Crippen LogP contribution in [0.1, 0.15) is 23.6 Å². The Hall–Kier alpha value is -1.35. The molecule has 0 atom stereocenters. The lowest BCUT2D eigenvalue weighted by molar-refractivity contribution is 1.03. The number of benzene rings is 1. The number of halogens is 1. The number of nitrogens with zero attached hydrogens (tertiary/aromatic N) is 1. The second kappa shape index (κ2) is 6.01. The quantitative estimate of drug-likeness (QED) is 0.909. The molecule has 3 heteroatoms. The zero-order valence-corrected chi connectivity index (χ0v) is 12.3. The van der Waals surface area contributed by atoms with Crippen molar-refractivity contribution < 1.29 is 0 Å². The molecule has 0 fully saturated rings. The predicted octanol–water partition coefficient (Wildman–Crippen LogP) is 4.33. The van der Waals surface area contributed by atoms with Gasteiger partial charge in [-0.2, -0.15) is 0 Å². The summed E-state index contributed by atoms with van der Waals surface area (Å²) in [6.07, 6.45) is 2.90. The van der Waals surface area contributed by atoms with Crippen LogP contribution in [0.25, 0.3) is 0 Å². The molecule has 0 saturated heterocycles. The molecule has 0 aliphatic heterocycles. The summed E-state index contributed by atoms with van der Waals surface area (Å²) in [6, 6.07) is 10.6. The minimum atomic E-state index is 0.818. The van der Waals surface area contributed by atoms with Gasteiger partial charge in [-0.3, -0.25) is 0 Å². The van der Waals surface area contributed by atoms with E-state index in [9.17, 15) is 0 Å². The predicted molar refractivity (Wildman–Crippen MR) is 79.8 cm³/mol. The highest BCUT2D eigenvalue weighted by molar-refractivity contribution is 9.10. The van der Waals surface area contributed by atoms with Crippen LogP contribution in [0.4, 0.5) is 5.82 Å². The summed E-state index contributed by atoms with van der Waals surface area (Å²) in [7, 11) is 0. The molecule has 0 radical (unpaired) electrons. The third-order valence-corrected chi connectivity index (χ3v) is 3.84. The van der Waals surface area contributed by atoms with Gasteiger partial charge in [0.2, 0.25) is 0 Å². The summed E-state index contributed by atoms with van der Waals surface area (Å²) in [5, 5.41) is 3.37. The van der Waals surface area contributed by atoms with E-state index in [0.717, 1.165) is 23.3 Å². The second-order valence-electron chi connectivity index (χ2n) is 4.29. The van der Waals surface area contributed by atoms with E-state index in [1.807, 2.05) is 6.20 Å². The van der Waals surface area contributed by atoms with Gasteiger partial charge in [0, 0.05) is 17.2 Å². The van der Waals surface area contributed by atoms with Crippen molar-refractivity contribution in [2.75, 3.05) is 5.32 Å². The Kier molecular flexibility index (Phi) is 4.37. The van der Waals surface area contributed by atoms with Crippen LogP contribution in [-0.2, 0) is 13.0 Å². The largest absolute Gasteiger partial charge is 0.366 e. The van der Waals surface area contributed by atoms with Crippen molar-refractivity contribution in [3.63, 3.8) is 0 Å². The Balaban J connectivity index is 2.09. The smallest absolute Gasteiger partial charge is 0.126 e. The van der Waals surface area contributed by atoms with Crippen LogP contribution in [0.3, 0.4) is 0 Å². The number of nitrogens with one attached hydrogen (secondary N) is 1. The lowest BCUT2D eigenvalue weighted by atomic mass is 10.1. The SMILES string of the molecule is CCc1ccccc1CNc1cc(C)c(Br)cn1. The lowest BCUT2D eigenvalue weighted by Gasteiger charge is -2.10. The number of aromatic nitrogens is 1. The van der Waals surface area contributed by atoms with E-state index < -0.39 is 0 Å². The van der Waals surface area contributed by atoms with E-state index in [4.69, 9.17) is 0 Å². The average molecular weight is 305 g/mol. The summed E-state index contributed by atoms with van der Waals surface area (Å²) in [6.45, 7) is 5.07. The molecule has 2 aromatic rings. The van der Waals surface area contributed by atoms with E-state index in [1.165, 1.54) is 16.7 Å². The van der Waals surface area contributed by atoms with Gasteiger partial charge in [0.15, 0.2) is 0 Å². The summed E-state index contributed by atoms with van der Waals surface area (Å²) >= 11 is 3.46. The maximum atomic E-state index is 4.35. The van der Waals surface area contributed by atoms with Crippen molar-refractivity contribution in [1.29, 1.82) is 0 Å². The molecule has 1 aromatic carbocycles. The minimum Gasteiger partial charge on any atom is -0.366 e. The van der Waals surface area contributed by atoms with E-state index in [-0.39, 0.29) is 0 Å². The van der Waals surface area contributed by atoms with Crippen molar-refractivity contribution in [1.82, 2.24) is 4.98 Å². The molecule has 18 heavy (non-hydrogen) atoms. The van der Waals surface area contributed by atoms with Crippen LogP contribution in [0.15, 0.2) is 41.0 Å². The Morgan fingerprint density at radius 1 is 1.22 bits per heavy atom.